The fraction of sp³-hybridized carbons (Fsp3) is 0.200. The average molecular weight is 467 g/mol. The molecule has 3 aromatic rings. The van der Waals surface area contributed by atoms with Gasteiger partial charge >= 0.3 is 6.03 Å². The molecule has 3 amide bonds. The fourth-order valence-corrected chi connectivity index (χ4v) is 4.01. The molecule has 164 valence electrons. The molecule has 0 spiro atoms. The molecule has 0 radical (unpaired) electrons. The first-order chi connectivity index (χ1) is 14.5. The van der Waals surface area contributed by atoms with E-state index < -0.39 is 27.8 Å². The van der Waals surface area contributed by atoms with Gasteiger partial charge < -0.3 is 15.2 Å². The predicted octanol–water partition coefficient (Wildman–Crippen LogP) is 3.62. The summed E-state index contributed by atoms with van der Waals surface area (Å²) in [4.78, 5) is 24.2. The van der Waals surface area contributed by atoms with Crippen molar-refractivity contribution in [2.45, 2.75) is 24.8 Å². The highest BCUT2D eigenvalue weighted by molar-refractivity contribution is 7.90. The average Bonchev–Trinajstić information content (AvgIpc) is 2.97. The van der Waals surface area contributed by atoms with Crippen LogP contribution in [-0.2, 0) is 17.1 Å². The molecule has 2 aromatic carbocycles. The number of nitrogens with one attached hydrogen (secondary N) is 3. The standard InChI is InChI=1S/C20H20ClFN4O4S/c1-11(2)23-20(28)25-31(29,30)14-6-4-13(5-7-14)24-19(27)18-9-12-8-16(22)15(21)10-17(12)26(18)3/h4-11H,1-3H3,(H,24,27)(H2,23,25,28). The van der Waals surface area contributed by atoms with E-state index in [1.165, 1.54) is 42.5 Å². The number of carbonyl (C=O) groups is 2. The molecule has 31 heavy (non-hydrogen) atoms. The van der Waals surface area contributed by atoms with Crippen molar-refractivity contribution in [1.29, 1.82) is 0 Å². The SMILES string of the molecule is CC(C)NC(=O)NS(=O)(=O)c1ccc(NC(=O)c2cc3cc(F)c(Cl)cc3n2C)cc1. The molecule has 1 heterocycles. The zero-order valence-electron chi connectivity index (χ0n) is 16.9. The first kappa shape index (κ1) is 22.6. The van der Waals surface area contributed by atoms with E-state index in [1.807, 2.05) is 4.72 Å². The molecule has 0 atom stereocenters. The second kappa shape index (κ2) is 8.56. The van der Waals surface area contributed by atoms with Gasteiger partial charge in [-0.2, -0.15) is 0 Å². The summed E-state index contributed by atoms with van der Waals surface area (Å²) in [5.41, 5.74) is 1.19. The zero-order valence-corrected chi connectivity index (χ0v) is 18.4. The number of urea groups is 1. The lowest BCUT2D eigenvalue weighted by atomic mass is 10.2. The molecule has 0 saturated heterocycles. The van der Waals surface area contributed by atoms with Gasteiger partial charge in [-0.15, -0.1) is 0 Å². The maximum atomic E-state index is 13.7. The van der Waals surface area contributed by atoms with Gasteiger partial charge in [-0.3, -0.25) is 4.79 Å². The van der Waals surface area contributed by atoms with Crippen molar-refractivity contribution in [1.82, 2.24) is 14.6 Å². The number of amides is 3. The van der Waals surface area contributed by atoms with E-state index >= 15 is 0 Å². The van der Waals surface area contributed by atoms with Gasteiger partial charge in [-0.1, -0.05) is 11.6 Å². The summed E-state index contributed by atoms with van der Waals surface area (Å²) < 4.78 is 41.7. The number of sulfonamides is 1. The summed E-state index contributed by atoms with van der Waals surface area (Å²) >= 11 is 5.82. The van der Waals surface area contributed by atoms with Crippen LogP contribution in [0.2, 0.25) is 5.02 Å². The number of rotatable bonds is 5. The predicted molar refractivity (Wildman–Crippen MR) is 116 cm³/mol. The number of nitrogens with zero attached hydrogens (tertiary/aromatic N) is 1. The Morgan fingerprint density at radius 1 is 1.10 bits per heavy atom. The second-order valence-electron chi connectivity index (χ2n) is 7.13. The highest BCUT2D eigenvalue weighted by Gasteiger charge is 2.19. The highest BCUT2D eigenvalue weighted by atomic mass is 35.5. The van der Waals surface area contributed by atoms with Gasteiger partial charge in [0.1, 0.15) is 11.5 Å². The number of aryl methyl sites for hydroxylation is 1. The van der Waals surface area contributed by atoms with Gasteiger partial charge in [0.05, 0.1) is 15.4 Å². The third kappa shape index (κ3) is 4.97. The van der Waals surface area contributed by atoms with Crippen molar-refractivity contribution < 1.29 is 22.4 Å². The minimum absolute atomic E-state index is 0.0480. The summed E-state index contributed by atoms with van der Waals surface area (Å²) in [5, 5.41) is 5.55. The number of hydrogen-bond acceptors (Lipinski definition) is 4. The number of anilines is 1. The van der Waals surface area contributed by atoms with Crippen LogP contribution in [0.4, 0.5) is 14.9 Å². The van der Waals surface area contributed by atoms with Crippen LogP contribution in [0, 0.1) is 5.82 Å². The van der Waals surface area contributed by atoms with Crippen LogP contribution in [0.25, 0.3) is 10.9 Å². The molecule has 3 rings (SSSR count). The molecular weight excluding hydrogens is 447 g/mol. The Balaban J connectivity index is 1.77. The molecular formula is C20H20ClFN4O4S. The van der Waals surface area contributed by atoms with Crippen molar-refractivity contribution >= 4 is 50.2 Å². The minimum Gasteiger partial charge on any atom is -0.340 e. The quantitative estimate of drug-likeness (QED) is 0.533. The number of fused-ring (bicyclic) bond motifs is 1. The monoisotopic (exact) mass is 466 g/mol. The zero-order chi connectivity index (χ0) is 22.9. The van der Waals surface area contributed by atoms with Crippen molar-refractivity contribution in [3.05, 3.63) is 59.0 Å². The number of aromatic nitrogens is 1. The van der Waals surface area contributed by atoms with Gasteiger partial charge in [-0.05, 0) is 56.3 Å². The van der Waals surface area contributed by atoms with Gasteiger partial charge in [0, 0.05) is 24.2 Å². The van der Waals surface area contributed by atoms with Crippen LogP contribution in [-0.4, -0.2) is 31.0 Å². The van der Waals surface area contributed by atoms with Crippen molar-refractivity contribution in [2.75, 3.05) is 5.32 Å². The van der Waals surface area contributed by atoms with Gasteiger partial charge in [-0.25, -0.2) is 22.3 Å². The van der Waals surface area contributed by atoms with E-state index in [2.05, 4.69) is 10.6 Å². The highest BCUT2D eigenvalue weighted by Crippen LogP contribution is 2.26. The topological polar surface area (TPSA) is 109 Å². The normalized spacial score (nSPS) is 11.5. The molecule has 0 aliphatic heterocycles. The largest absolute Gasteiger partial charge is 0.340 e. The van der Waals surface area contributed by atoms with Crippen molar-refractivity contribution in [2.24, 2.45) is 7.05 Å². The molecule has 0 bridgehead atoms. The Bertz CT molecular complexity index is 1270. The summed E-state index contributed by atoms with van der Waals surface area (Å²) in [6.07, 6.45) is 0. The lowest BCUT2D eigenvalue weighted by Gasteiger charge is -2.11. The molecule has 8 nitrogen and oxygen atoms in total. The summed E-state index contributed by atoms with van der Waals surface area (Å²) in [5.74, 6) is -1.06. The Morgan fingerprint density at radius 3 is 2.35 bits per heavy atom. The third-order valence-corrected chi connectivity index (χ3v) is 6.02. The van der Waals surface area contributed by atoms with E-state index in [-0.39, 0.29) is 21.7 Å². The molecule has 0 aliphatic carbocycles. The van der Waals surface area contributed by atoms with Gasteiger partial charge in [0.15, 0.2) is 0 Å². The summed E-state index contributed by atoms with van der Waals surface area (Å²) in [7, 11) is -2.41. The molecule has 0 unspecified atom stereocenters. The van der Waals surface area contributed by atoms with Crippen molar-refractivity contribution in [3.8, 4) is 0 Å². The van der Waals surface area contributed by atoms with Crippen LogP contribution in [0.5, 0.6) is 0 Å². The molecule has 0 aliphatic rings. The van der Waals surface area contributed by atoms with Crippen LogP contribution >= 0.6 is 11.6 Å². The first-order valence-corrected chi connectivity index (χ1v) is 11.0. The van der Waals surface area contributed by atoms with E-state index in [4.69, 9.17) is 11.6 Å². The summed E-state index contributed by atoms with van der Waals surface area (Å²) in [6.45, 7) is 3.40. The minimum atomic E-state index is -4.06. The van der Waals surface area contributed by atoms with Gasteiger partial charge in [0.2, 0.25) is 0 Å². The molecule has 3 N–H and O–H groups in total. The maximum Gasteiger partial charge on any atom is 0.328 e. The molecule has 11 heteroatoms. The van der Waals surface area contributed by atoms with Crippen LogP contribution in [0.1, 0.15) is 24.3 Å². The van der Waals surface area contributed by atoms with Crippen LogP contribution in [0.15, 0.2) is 47.4 Å². The summed E-state index contributed by atoms with van der Waals surface area (Å²) in [6, 6.07) is 8.46. The number of halogens is 2. The maximum absolute atomic E-state index is 13.7. The Morgan fingerprint density at radius 2 is 1.74 bits per heavy atom. The first-order valence-electron chi connectivity index (χ1n) is 9.17. The number of carbonyl (C=O) groups excluding carboxylic acids is 2. The third-order valence-electron chi connectivity index (χ3n) is 4.39. The Hall–Kier alpha value is -3.11. The number of hydrogen-bond donors (Lipinski definition) is 3. The van der Waals surface area contributed by atoms with E-state index in [0.29, 0.717) is 16.6 Å². The van der Waals surface area contributed by atoms with Gasteiger partial charge in [0.25, 0.3) is 15.9 Å². The fourth-order valence-electron chi connectivity index (χ4n) is 2.93. The lowest BCUT2D eigenvalue weighted by molar-refractivity contribution is 0.101. The second-order valence-corrected chi connectivity index (χ2v) is 9.22. The van der Waals surface area contributed by atoms with E-state index in [0.717, 1.165) is 0 Å². The lowest BCUT2D eigenvalue weighted by Crippen LogP contribution is -2.42. The van der Waals surface area contributed by atoms with E-state index in [9.17, 15) is 22.4 Å². The molecule has 1 aromatic heterocycles. The van der Waals surface area contributed by atoms with Crippen LogP contribution < -0.4 is 15.4 Å². The van der Waals surface area contributed by atoms with Crippen LogP contribution in [0.3, 0.4) is 0 Å². The Labute approximate surface area is 183 Å². The Kier molecular flexibility index (Phi) is 6.23. The molecule has 0 saturated carbocycles. The molecule has 0 fully saturated rings. The number of benzene rings is 2. The smallest absolute Gasteiger partial charge is 0.328 e. The van der Waals surface area contributed by atoms with E-state index in [1.54, 1.807) is 25.5 Å². The van der Waals surface area contributed by atoms with Crippen molar-refractivity contribution in [3.63, 3.8) is 0 Å².